The SMILES string of the molecule is COc1ccc(CNC(=O)[C@@H](c2ccc(C)cc2)N(Cc2ccccc2)C(=O)[C@H]2COc3ccccc3O2)cc1. The molecule has 5 rings (SSSR count). The number of methoxy groups -OCH3 is 1. The fourth-order valence-corrected chi connectivity index (χ4v) is 4.65. The number of ether oxygens (including phenoxy) is 3. The maximum absolute atomic E-state index is 14.2. The predicted octanol–water partition coefficient (Wildman–Crippen LogP) is 5.23. The minimum absolute atomic E-state index is 0.0508. The van der Waals surface area contributed by atoms with Gasteiger partial charge in [0, 0.05) is 13.1 Å². The number of nitrogens with one attached hydrogen (secondary N) is 1. The van der Waals surface area contributed by atoms with Crippen LogP contribution in [0.1, 0.15) is 28.3 Å². The van der Waals surface area contributed by atoms with Crippen LogP contribution in [0.3, 0.4) is 0 Å². The van der Waals surface area contributed by atoms with Gasteiger partial charge in [-0.15, -0.1) is 0 Å². The van der Waals surface area contributed by atoms with E-state index >= 15 is 0 Å². The van der Waals surface area contributed by atoms with Crippen LogP contribution in [0, 0.1) is 6.92 Å². The van der Waals surface area contributed by atoms with E-state index in [1.807, 2.05) is 97.9 Å². The second-order valence-corrected chi connectivity index (χ2v) is 9.70. The average molecular weight is 537 g/mol. The van der Waals surface area contributed by atoms with Crippen molar-refractivity contribution in [1.29, 1.82) is 0 Å². The molecule has 7 nitrogen and oxygen atoms in total. The Hall–Kier alpha value is -4.78. The Morgan fingerprint density at radius 2 is 1.55 bits per heavy atom. The molecule has 1 heterocycles. The highest BCUT2D eigenvalue weighted by Gasteiger charge is 2.38. The number of benzene rings is 4. The van der Waals surface area contributed by atoms with E-state index < -0.39 is 12.1 Å². The minimum atomic E-state index is -0.902. The Bertz CT molecular complexity index is 1440. The van der Waals surface area contributed by atoms with E-state index in [1.54, 1.807) is 24.1 Å². The molecule has 4 aromatic rings. The lowest BCUT2D eigenvalue weighted by Crippen LogP contribution is -2.50. The van der Waals surface area contributed by atoms with Crippen LogP contribution < -0.4 is 19.5 Å². The summed E-state index contributed by atoms with van der Waals surface area (Å²) in [7, 11) is 1.61. The maximum atomic E-state index is 14.2. The number of nitrogens with zero attached hydrogens (tertiary/aromatic N) is 1. The number of carbonyl (C=O) groups is 2. The van der Waals surface area contributed by atoms with Crippen molar-refractivity contribution >= 4 is 11.8 Å². The van der Waals surface area contributed by atoms with Crippen LogP contribution in [0.2, 0.25) is 0 Å². The second kappa shape index (κ2) is 12.4. The summed E-state index contributed by atoms with van der Waals surface area (Å²) >= 11 is 0. The van der Waals surface area contributed by atoms with E-state index in [0.29, 0.717) is 23.6 Å². The van der Waals surface area contributed by atoms with Crippen molar-refractivity contribution in [2.24, 2.45) is 0 Å². The summed E-state index contributed by atoms with van der Waals surface area (Å²) in [4.78, 5) is 29.7. The highest BCUT2D eigenvalue weighted by Crippen LogP contribution is 2.33. The van der Waals surface area contributed by atoms with E-state index in [1.165, 1.54) is 0 Å². The number of hydrogen-bond donors (Lipinski definition) is 1. The van der Waals surface area contributed by atoms with Gasteiger partial charge in [-0.05, 0) is 47.9 Å². The molecule has 7 heteroatoms. The molecule has 0 fully saturated rings. The monoisotopic (exact) mass is 536 g/mol. The molecule has 0 saturated carbocycles. The highest BCUT2D eigenvalue weighted by molar-refractivity contribution is 5.90. The molecular weight excluding hydrogens is 504 g/mol. The van der Waals surface area contributed by atoms with Crippen molar-refractivity contribution in [2.75, 3.05) is 13.7 Å². The first-order valence-electron chi connectivity index (χ1n) is 13.2. The third kappa shape index (κ3) is 6.26. The zero-order chi connectivity index (χ0) is 27.9. The molecule has 2 amide bonds. The summed E-state index contributed by atoms with van der Waals surface area (Å²) in [6.45, 7) is 2.56. The van der Waals surface area contributed by atoms with Crippen molar-refractivity contribution < 1.29 is 23.8 Å². The van der Waals surface area contributed by atoms with Gasteiger partial charge in [0.1, 0.15) is 18.4 Å². The van der Waals surface area contributed by atoms with E-state index in [2.05, 4.69) is 5.32 Å². The fraction of sp³-hybridized carbons (Fsp3) is 0.212. The number of amides is 2. The van der Waals surface area contributed by atoms with Gasteiger partial charge in [-0.1, -0.05) is 84.4 Å². The van der Waals surface area contributed by atoms with Crippen LogP contribution in [0.25, 0.3) is 0 Å². The normalized spacial score (nSPS) is 14.6. The van der Waals surface area contributed by atoms with Crippen LogP contribution in [0.5, 0.6) is 17.2 Å². The van der Waals surface area contributed by atoms with E-state index in [4.69, 9.17) is 14.2 Å². The van der Waals surface area contributed by atoms with Crippen molar-refractivity contribution in [3.8, 4) is 17.2 Å². The molecule has 4 aromatic carbocycles. The third-order valence-corrected chi connectivity index (χ3v) is 6.84. The van der Waals surface area contributed by atoms with Gasteiger partial charge in [-0.2, -0.15) is 0 Å². The van der Waals surface area contributed by atoms with Crippen molar-refractivity contribution in [3.05, 3.63) is 125 Å². The first-order chi connectivity index (χ1) is 19.5. The van der Waals surface area contributed by atoms with E-state index in [0.717, 1.165) is 22.4 Å². The highest BCUT2D eigenvalue weighted by atomic mass is 16.6. The molecule has 1 N–H and O–H groups in total. The fourth-order valence-electron chi connectivity index (χ4n) is 4.65. The number of hydrogen-bond acceptors (Lipinski definition) is 5. The Morgan fingerprint density at radius 3 is 2.25 bits per heavy atom. The summed E-state index contributed by atoms with van der Waals surface area (Å²) < 4.78 is 17.2. The van der Waals surface area contributed by atoms with Gasteiger partial charge in [0.25, 0.3) is 5.91 Å². The molecule has 0 bridgehead atoms. The molecule has 0 aromatic heterocycles. The van der Waals surface area contributed by atoms with Crippen molar-refractivity contribution in [3.63, 3.8) is 0 Å². The summed E-state index contributed by atoms with van der Waals surface area (Å²) in [5.74, 6) is 1.21. The molecule has 0 saturated heterocycles. The number of fused-ring (bicyclic) bond motifs is 1. The lowest BCUT2D eigenvalue weighted by molar-refractivity contribution is -0.149. The van der Waals surface area contributed by atoms with Gasteiger partial charge >= 0.3 is 0 Å². The van der Waals surface area contributed by atoms with Gasteiger partial charge < -0.3 is 24.4 Å². The number of aryl methyl sites for hydroxylation is 1. The second-order valence-electron chi connectivity index (χ2n) is 9.70. The molecule has 0 spiro atoms. The van der Waals surface area contributed by atoms with Crippen molar-refractivity contribution in [2.45, 2.75) is 32.2 Å². The van der Waals surface area contributed by atoms with Crippen LogP contribution in [0.15, 0.2) is 103 Å². The summed E-state index contributed by atoms with van der Waals surface area (Å²) in [5.41, 5.74) is 3.58. The molecule has 0 aliphatic carbocycles. The predicted molar refractivity (Wildman–Crippen MR) is 152 cm³/mol. The Balaban J connectivity index is 1.47. The zero-order valence-electron chi connectivity index (χ0n) is 22.6. The minimum Gasteiger partial charge on any atom is -0.497 e. The van der Waals surface area contributed by atoms with Gasteiger partial charge in [-0.3, -0.25) is 9.59 Å². The Labute approximate surface area is 234 Å². The molecule has 40 heavy (non-hydrogen) atoms. The lowest BCUT2D eigenvalue weighted by atomic mass is 10.0. The molecule has 1 aliphatic rings. The van der Waals surface area contributed by atoms with E-state index in [9.17, 15) is 9.59 Å². The number of para-hydroxylation sites is 2. The van der Waals surface area contributed by atoms with Gasteiger partial charge in [0.15, 0.2) is 11.5 Å². The average Bonchev–Trinajstić information content (AvgIpc) is 3.00. The van der Waals surface area contributed by atoms with Crippen molar-refractivity contribution in [1.82, 2.24) is 10.2 Å². The maximum Gasteiger partial charge on any atom is 0.268 e. The lowest BCUT2D eigenvalue weighted by Gasteiger charge is -2.35. The first-order valence-corrected chi connectivity index (χ1v) is 13.2. The van der Waals surface area contributed by atoms with Crippen LogP contribution in [-0.2, 0) is 22.7 Å². The quantitative estimate of drug-likeness (QED) is 0.317. The van der Waals surface area contributed by atoms with Crippen LogP contribution >= 0.6 is 0 Å². The molecule has 0 unspecified atom stereocenters. The van der Waals surface area contributed by atoms with Crippen LogP contribution in [-0.4, -0.2) is 36.5 Å². The smallest absolute Gasteiger partial charge is 0.268 e. The summed E-state index contributed by atoms with van der Waals surface area (Å²) in [5, 5.41) is 3.04. The first kappa shape index (κ1) is 26.8. The van der Waals surface area contributed by atoms with E-state index in [-0.39, 0.29) is 25.0 Å². The van der Waals surface area contributed by atoms with Gasteiger partial charge in [-0.25, -0.2) is 0 Å². The summed E-state index contributed by atoms with van der Waals surface area (Å²) in [6.07, 6.45) is -0.902. The number of carbonyl (C=O) groups excluding carboxylic acids is 2. The van der Waals surface area contributed by atoms with Crippen LogP contribution in [0.4, 0.5) is 0 Å². The zero-order valence-corrected chi connectivity index (χ0v) is 22.6. The molecule has 2 atom stereocenters. The molecular formula is C33H32N2O5. The number of rotatable bonds is 9. The largest absolute Gasteiger partial charge is 0.497 e. The van der Waals surface area contributed by atoms with Gasteiger partial charge in [0.05, 0.1) is 7.11 Å². The Kier molecular flexibility index (Phi) is 8.30. The van der Waals surface area contributed by atoms with Gasteiger partial charge in [0.2, 0.25) is 12.0 Å². The molecule has 0 radical (unpaired) electrons. The third-order valence-electron chi connectivity index (χ3n) is 6.84. The topological polar surface area (TPSA) is 77.1 Å². The standard InChI is InChI=1S/C33H32N2O5/c1-23-12-16-26(17-13-23)31(32(36)34-20-24-14-18-27(38-2)19-15-24)35(21-25-8-4-3-5-9-25)33(37)30-22-39-28-10-6-7-11-29(28)40-30/h3-19,30-31H,20-22H2,1-2H3,(H,34,36)/t30-,31-/m1/s1. The molecule has 204 valence electrons. The summed E-state index contributed by atoms with van der Waals surface area (Å²) in [6, 6.07) is 31.2. The molecule has 1 aliphatic heterocycles. The Morgan fingerprint density at radius 1 is 0.875 bits per heavy atom.